The number of nitrogens with zero attached hydrogens (tertiary/aromatic N) is 1. The number of Topliss-reactive ketones (excluding diaryl/α,β-unsaturated/α-hetero) is 1. The molecule has 84 valence electrons. The maximum absolute atomic E-state index is 11.9. The fraction of sp³-hybridized carbons (Fsp3) is 0.273. The van der Waals surface area contributed by atoms with Gasteiger partial charge in [-0.3, -0.25) is 10.2 Å². The Balaban J connectivity index is 2.28. The van der Waals surface area contributed by atoms with Gasteiger partial charge in [-0.1, -0.05) is 0 Å². The normalized spacial score (nSPS) is 10.6. The lowest BCUT2D eigenvalue weighted by atomic mass is 10.2. The molecule has 0 fully saturated rings. The molecule has 16 heavy (non-hydrogen) atoms. The molecular formula is C11H12N2OS2. The lowest BCUT2D eigenvalue weighted by molar-refractivity contribution is 0.0970. The third kappa shape index (κ3) is 2.01. The second kappa shape index (κ2) is 4.35. The molecule has 0 amide bonds. The summed E-state index contributed by atoms with van der Waals surface area (Å²) in [6.45, 7) is 4.19. The number of hydrogen-bond donors (Lipinski definition) is 1. The summed E-state index contributed by atoms with van der Waals surface area (Å²) in [7, 11) is 0. The first kappa shape index (κ1) is 11.3. The second-order valence-corrected chi connectivity index (χ2v) is 5.55. The molecule has 0 radical (unpaired) electrons. The van der Waals surface area contributed by atoms with Crippen molar-refractivity contribution in [1.82, 2.24) is 4.57 Å². The first-order valence-corrected chi connectivity index (χ1v) is 6.62. The summed E-state index contributed by atoms with van der Waals surface area (Å²) in [5.74, 6) is 0.0700. The van der Waals surface area contributed by atoms with E-state index in [2.05, 4.69) is 0 Å². The van der Waals surface area contributed by atoms with Crippen LogP contribution in [-0.4, -0.2) is 10.4 Å². The number of carbonyl (C=O) groups excluding carboxylic acids is 1. The standard InChI is InChI=1S/C11H12N2OS2/c1-7-8(2)16-11(12)13(7)5-10(14)9-3-4-15-6-9/h3-4,6,12H,5H2,1-2H3. The van der Waals surface area contributed by atoms with Crippen LogP contribution >= 0.6 is 22.7 Å². The molecule has 0 saturated carbocycles. The molecule has 5 heteroatoms. The van der Waals surface area contributed by atoms with Crippen LogP contribution < -0.4 is 4.80 Å². The van der Waals surface area contributed by atoms with Gasteiger partial charge in [-0.15, -0.1) is 11.3 Å². The fourth-order valence-electron chi connectivity index (χ4n) is 1.46. The Morgan fingerprint density at radius 3 is 2.75 bits per heavy atom. The maximum atomic E-state index is 11.9. The molecular weight excluding hydrogens is 240 g/mol. The number of carbonyl (C=O) groups is 1. The summed E-state index contributed by atoms with van der Waals surface area (Å²) in [6, 6.07) is 1.83. The van der Waals surface area contributed by atoms with Gasteiger partial charge in [0.25, 0.3) is 0 Å². The van der Waals surface area contributed by atoms with Crippen molar-refractivity contribution in [3.63, 3.8) is 0 Å². The minimum absolute atomic E-state index is 0.0700. The zero-order chi connectivity index (χ0) is 11.7. The van der Waals surface area contributed by atoms with Crippen LogP contribution in [0.3, 0.4) is 0 Å². The van der Waals surface area contributed by atoms with Crippen LogP contribution in [0.4, 0.5) is 0 Å². The summed E-state index contributed by atoms with van der Waals surface area (Å²) in [6.07, 6.45) is 0. The quantitative estimate of drug-likeness (QED) is 0.838. The molecule has 0 aromatic carbocycles. The van der Waals surface area contributed by atoms with Crippen LogP contribution in [0.2, 0.25) is 0 Å². The highest BCUT2D eigenvalue weighted by Crippen LogP contribution is 2.12. The molecule has 2 aromatic heterocycles. The van der Waals surface area contributed by atoms with Gasteiger partial charge in [0.1, 0.15) is 0 Å². The molecule has 0 saturated heterocycles. The molecule has 0 aliphatic heterocycles. The van der Waals surface area contributed by atoms with Crippen molar-refractivity contribution in [2.45, 2.75) is 20.4 Å². The Labute approximate surface area is 102 Å². The Morgan fingerprint density at radius 2 is 2.25 bits per heavy atom. The number of aryl methyl sites for hydroxylation is 1. The molecule has 3 nitrogen and oxygen atoms in total. The molecule has 0 aliphatic rings. The van der Waals surface area contributed by atoms with Gasteiger partial charge >= 0.3 is 0 Å². The van der Waals surface area contributed by atoms with Crippen molar-refractivity contribution in [3.05, 3.63) is 37.8 Å². The van der Waals surface area contributed by atoms with Crippen LogP contribution in [0.15, 0.2) is 16.8 Å². The number of thiophene rings is 1. The number of rotatable bonds is 3. The van der Waals surface area contributed by atoms with E-state index >= 15 is 0 Å². The summed E-state index contributed by atoms with van der Waals surface area (Å²) in [5, 5.41) is 11.5. The van der Waals surface area contributed by atoms with Crippen LogP contribution in [0, 0.1) is 19.3 Å². The largest absolute Gasteiger partial charge is 0.313 e. The van der Waals surface area contributed by atoms with Gasteiger partial charge in [0.15, 0.2) is 10.6 Å². The van der Waals surface area contributed by atoms with Crippen LogP contribution in [0.5, 0.6) is 0 Å². The molecule has 0 unspecified atom stereocenters. The minimum atomic E-state index is 0.0700. The van der Waals surface area contributed by atoms with Crippen molar-refractivity contribution < 1.29 is 4.79 Å². The first-order chi connectivity index (χ1) is 7.59. The van der Waals surface area contributed by atoms with Crippen molar-refractivity contribution in [3.8, 4) is 0 Å². The van der Waals surface area contributed by atoms with Gasteiger partial charge in [-0.2, -0.15) is 11.3 Å². The average Bonchev–Trinajstić information content (AvgIpc) is 2.83. The summed E-state index contributed by atoms with van der Waals surface area (Å²) in [4.78, 5) is 13.4. The van der Waals surface area contributed by atoms with Gasteiger partial charge in [0, 0.05) is 21.5 Å². The summed E-state index contributed by atoms with van der Waals surface area (Å²) >= 11 is 2.93. The zero-order valence-corrected chi connectivity index (χ0v) is 10.7. The van der Waals surface area contributed by atoms with E-state index in [-0.39, 0.29) is 12.3 Å². The van der Waals surface area contributed by atoms with E-state index in [1.807, 2.05) is 30.7 Å². The van der Waals surface area contributed by atoms with E-state index in [0.717, 1.165) is 16.1 Å². The highest BCUT2D eigenvalue weighted by atomic mass is 32.1. The summed E-state index contributed by atoms with van der Waals surface area (Å²) < 4.78 is 1.76. The van der Waals surface area contributed by atoms with Gasteiger partial charge in [-0.25, -0.2) is 0 Å². The summed E-state index contributed by atoms with van der Waals surface area (Å²) in [5.41, 5.74) is 1.75. The van der Waals surface area contributed by atoms with E-state index in [9.17, 15) is 4.79 Å². The number of thiazole rings is 1. The third-order valence-corrected chi connectivity index (χ3v) is 4.25. The van der Waals surface area contributed by atoms with Crippen molar-refractivity contribution in [2.24, 2.45) is 0 Å². The lowest BCUT2D eigenvalue weighted by Gasteiger charge is -2.03. The average molecular weight is 252 g/mol. The van der Waals surface area contributed by atoms with Crippen LogP contribution in [0.1, 0.15) is 20.9 Å². The van der Waals surface area contributed by atoms with Gasteiger partial charge in [0.05, 0.1) is 6.54 Å². The van der Waals surface area contributed by atoms with Crippen LogP contribution in [-0.2, 0) is 6.54 Å². The molecule has 1 N–H and O–H groups in total. The molecule has 2 rings (SSSR count). The monoisotopic (exact) mass is 252 g/mol. The maximum Gasteiger partial charge on any atom is 0.183 e. The van der Waals surface area contributed by atoms with E-state index in [1.165, 1.54) is 22.7 Å². The predicted molar refractivity (Wildman–Crippen MR) is 66.3 cm³/mol. The van der Waals surface area contributed by atoms with E-state index in [1.54, 1.807) is 4.57 Å². The number of nitrogens with one attached hydrogen (secondary N) is 1. The fourth-order valence-corrected chi connectivity index (χ4v) is 2.98. The van der Waals surface area contributed by atoms with E-state index < -0.39 is 0 Å². The topological polar surface area (TPSA) is 45.9 Å². The molecule has 0 aliphatic carbocycles. The molecule has 2 aromatic rings. The van der Waals surface area contributed by atoms with Gasteiger partial charge in [-0.05, 0) is 25.3 Å². The van der Waals surface area contributed by atoms with Crippen LogP contribution in [0.25, 0.3) is 0 Å². The highest BCUT2D eigenvalue weighted by molar-refractivity contribution is 7.09. The number of ketones is 1. The Hall–Kier alpha value is -1.20. The zero-order valence-electron chi connectivity index (χ0n) is 9.11. The molecule has 0 atom stereocenters. The number of aromatic nitrogens is 1. The van der Waals surface area contributed by atoms with Crippen molar-refractivity contribution in [1.29, 1.82) is 5.41 Å². The van der Waals surface area contributed by atoms with E-state index in [4.69, 9.17) is 5.41 Å². The third-order valence-electron chi connectivity index (χ3n) is 2.55. The Kier molecular flexibility index (Phi) is 3.07. The SMILES string of the molecule is Cc1sc(=N)n(CC(=O)c2ccsc2)c1C. The van der Waals surface area contributed by atoms with Gasteiger partial charge in [0.2, 0.25) is 0 Å². The first-order valence-electron chi connectivity index (χ1n) is 4.86. The number of hydrogen-bond acceptors (Lipinski definition) is 4. The Bertz CT molecular complexity index is 563. The highest BCUT2D eigenvalue weighted by Gasteiger charge is 2.11. The lowest BCUT2D eigenvalue weighted by Crippen LogP contribution is -2.20. The van der Waals surface area contributed by atoms with Crippen molar-refractivity contribution >= 4 is 28.5 Å². The van der Waals surface area contributed by atoms with E-state index in [0.29, 0.717) is 4.80 Å². The van der Waals surface area contributed by atoms with Gasteiger partial charge < -0.3 is 4.57 Å². The second-order valence-electron chi connectivity index (χ2n) is 3.57. The molecule has 0 spiro atoms. The minimum Gasteiger partial charge on any atom is -0.313 e. The Morgan fingerprint density at radius 1 is 1.50 bits per heavy atom. The smallest absolute Gasteiger partial charge is 0.183 e. The predicted octanol–water partition coefficient (Wildman–Crippen LogP) is 2.59. The molecule has 2 heterocycles. The van der Waals surface area contributed by atoms with Crippen molar-refractivity contribution in [2.75, 3.05) is 0 Å². The molecule has 0 bridgehead atoms.